The van der Waals surface area contributed by atoms with Crippen molar-refractivity contribution in [3.63, 3.8) is 0 Å². The minimum Gasteiger partial charge on any atom is -0.384 e. The lowest BCUT2D eigenvalue weighted by molar-refractivity contribution is 0.768. The van der Waals surface area contributed by atoms with E-state index in [1.54, 1.807) is 10.9 Å². The van der Waals surface area contributed by atoms with Crippen LogP contribution >= 0.6 is 0 Å². The fraction of sp³-hybridized carbons (Fsp3) is 0.273. The average Bonchev–Trinajstić information content (AvgIpc) is 3.49. The van der Waals surface area contributed by atoms with Gasteiger partial charge in [-0.1, -0.05) is 13.3 Å². The van der Waals surface area contributed by atoms with Crippen LogP contribution in [-0.2, 0) is 7.05 Å². The second-order valence-electron chi connectivity index (χ2n) is 7.26. The van der Waals surface area contributed by atoms with Crippen molar-refractivity contribution in [1.29, 1.82) is 0 Å². The molecule has 5 rings (SSSR count). The van der Waals surface area contributed by atoms with Crippen molar-refractivity contribution in [2.24, 2.45) is 7.05 Å². The van der Waals surface area contributed by atoms with Gasteiger partial charge in [0.1, 0.15) is 11.2 Å². The van der Waals surface area contributed by atoms with Crippen LogP contribution in [-0.4, -0.2) is 40.9 Å². The highest BCUT2D eigenvalue weighted by Crippen LogP contribution is 2.20. The van der Waals surface area contributed by atoms with Crippen LogP contribution in [0.3, 0.4) is 0 Å². The third kappa shape index (κ3) is 4.32. The maximum Gasteiger partial charge on any atom is 0.137 e. The van der Waals surface area contributed by atoms with Gasteiger partial charge >= 0.3 is 0 Å². The molecule has 8 nitrogen and oxygen atoms in total. The van der Waals surface area contributed by atoms with Crippen LogP contribution in [0.25, 0.3) is 27.8 Å². The normalized spacial score (nSPS) is 10.9. The van der Waals surface area contributed by atoms with E-state index in [1.807, 2.05) is 44.0 Å². The zero-order valence-corrected chi connectivity index (χ0v) is 17.5. The Bertz CT molecular complexity index is 1250. The van der Waals surface area contributed by atoms with Crippen molar-refractivity contribution in [2.75, 3.05) is 11.9 Å². The van der Waals surface area contributed by atoms with Crippen LogP contribution in [0.4, 0.5) is 5.69 Å². The van der Waals surface area contributed by atoms with Crippen LogP contribution in [0.15, 0.2) is 55.4 Å². The summed E-state index contributed by atoms with van der Waals surface area (Å²) in [5.41, 5.74) is 7.26. The molecule has 0 fully saturated rings. The molecule has 154 valence electrons. The Morgan fingerprint density at radius 2 is 1.93 bits per heavy atom. The molecule has 0 aliphatic rings. The number of H-pyrrole nitrogens is 1. The minimum atomic E-state index is 0.877. The Hall–Kier alpha value is -3.68. The summed E-state index contributed by atoms with van der Waals surface area (Å²) in [6.07, 6.45) is 13.7. The number of anilines is 1. The fourth-order valence-corrected chi connectivity index (χ4v) is 3.18. The number of rotatable bonds is 5. The van der Waals surface area contributed by atoms with Crippen LogP contribution in [0, 0.1) is 6.92 Å². The van der Waals surface area contributed by atoms with Crippen LogP contribution < -0.4 is 5.32 Å². The van der Waals surface area contributed by atoms with Gasteiger partial charge in [0.25, 0.3) is 0 Å². The topological polar surface area (TPSA) is 88.7 Å². The second-order valence-corrected chi connectivity index (χ2v) is 7.26. The van der Waals surface area contributed by atoms with Gasteiger partial charge in [0.2, 0.25) is 0 Å². The summed E-state index contributed by atoms with van der Waals surface area (Å²) in [7, 11) is 1.89. The summed E-state index contributed by atoms with van der Waals surface area (Å²) in [6.45, 7) is 5.30. The number of nitrogens with one attached hydrogen (secondary N) is 2. The lowest BCUT2D eigenvalue weighted by Gasteiger charge is -2.06. The number of hydrogen-bond donors (Lipinski definition) is 2. The number of aromatic nitrogens is 7. The van der Waals surface area contributed by atoms with E-state index < -0.39 is 0 Å². The molecule has 30 heavy (non-hydrogen) atoms. The van der Waals surface area contributed by atoms with Crippen molar-refractivity contribution in [3.8, 4) is 11.1 Å². The molecule has 8 heteroatoms. The summed E-state index contributed by atoms with van der Waals surface area (Å²) in [6, 6.07) is 6.14. The van der Waals surface area contributed by atoms with E-state index in [4.69, 9.17) is 0 Å². The van der Waals surface area contributed by atoms with Gasteiger partial charge in [0, 0.05) is 55.2 Å². The molecule has 0 spiro atoms. The zero-order valence-electron chi connectivity index (χ0n) is 17.5. The van der Waals surface area contributed by atoms with E-state index in [0.717, 1.165) is 40.0 Å². The summed E-state index contributed by atoms with van der Waals surface area (Å²) >= 11 is 0. The van der Waals surface area contributed by atoms with Gasteiger partial charge in [-0.05, 0) is 31.5 Å². The highest BCUT2D eigenvalue weighted by molar-refractivity contribution is 5.79. The van der Waals surface area contributed by atoms with E-state index in [-0.39, 0.29) is 0 Å². The first-order valence-electron chi connectivity index (χ1n) is 10.1. The molecule has 0 saturated heterocycles. The van der Waals surface area contributed by atoms with Gasteiger partial charge in [0.15, 0.2) is 0 Å². The van der Waals surface area contributed by atoms with Gasteiger partial charge in [-0.15, -0.1) is 0 Å². The van der Waals surface area contributed by atoms with Crippen molar-refractivity contribution < 1.29 is 0 Å². The van der Waals surface area contributed by atoms with E-state index >= 15 is 0 Å². The highest BCUT2D eigenvalue weighted by Gasteiger charge is 2.03. The lowest BCUT2D eigenvalue weighted by Crippen LogP contribution is -2.02. The summed E-state index contributed by atoms with van der Waals surface area (Å²) in [5, 5.41) is 14.4. The predicted octanol–water partition coefficient (Wildman–Crippen LogP) is 4.21. The van der Waals surface area contributed by atoms with E-state index in [2.05, 4.69) is 61.1 Å². The first kappa shape index (κ1) is 19.6. The Labute approximate surface area is 175 Å². The summed E-state index contributed by atoms with van der Waals surface area (Å²) in [5.74, 6) is 0. The lowest BCUT2D eigenvalue weighted by atomic mass is 10.1. The van der Waals surface area contributed by atoms with E-state index in [1.165, 1.54) is 18.5 Å². The Kier molecular flexibility index (Phi) is 5.74. The number of pyridine rings is 2. The number of hydrogen-bond acceptors (Lipinski definition) is 5. The van der Waals surface area contributed by atoms with Crippen molar-refractivity contribution in [3.05, 3.63) is 61.1 Å². The maximum absolute atomic E-state index is 4.30. The Morgan fingerprint density at radius 3 is 2.73 bits per heavy atom. The second kappa shape index (κ2) is 8.77. The summed E-state index contributed by atoms with van der Waals surface area (Å²) in [4.78, 5) is 8.59. The number of aryl methyl sites for hydroxylation is 2. The van der Waals surface area contributed by atoms with Gasteiger partial charge in [-0.3, -0.25) is 14.8 Å². The van der Waals surface area contributed by atoms with Gasteiger partial charge < -0.3 is 9.72 Å². The summed E-state index contributed by atoms with van der Waals surface area (Å²) < 4.78 is 3.88. The molecule has 5 heterocycles. The number of imidazole rings is 1. The smallest absolute Gasteiger partial charge is 0.137 e. The molecular formula is C22H26N8. The van der Waals surface area contributed by atoms with Crippen LogP contribution in [0.2, 0.25) is 0 Å². The first-order valence-corrected chi connectivity index (χ1v) is 10.1. The third-order valence-electron chi connectivity index (χ3n) is 4.88. The molecule has 0 atom stereocenters. The number of unbranched alkanes of at least 4 members (excludes halogenated alkanes) is 1. The van der Waals surface area contributed by atoms with Crippen molar-refractivity contribution in [2.45, 2.75) is 26.7 Å². The fourth-order valence-electron chi connectivity index (χ4n) is 3.18. The van der Waals surface area contributed by atoms with Crippen LogP contribution in [0.1, 0.15) is 25.5 Å². The molecule has 0 aromatic carbocycles. The molecule has 0 unspecified atom stereocenters. The molecule has 0 bridgehead atoms. The van der Waals surface area contributed by atoms with Gasteiger partial charge in [-0.25, -0.2) is 4.98 Å². The SMILES string of the molecule is CCCCNc1ccc2ncc(C)n2c1.Cn1cc(-c2cnc3cn[nH]c3c2)cn1. The molecule has 0 saturated carbocycles. The molecule has 0 radical (unpaired) electrons. The van der Waals surface area contributed by atoms with E-state index in [0.29, 0.717) is 0 Å². The molecular weight excluding hydrogens is 376 g/mol. The monoisotopic (exact) mass is 402 g/mol. The van der Waals surface area contributed by atoms with Crippen molar-refractivity contribution in [1.82, 2.24) is 34.3 Å². The minimum absolute atomic E-state index is 0.877. The maximum atomic E-state index is 4.30. The molecule has 0 aliphatic carbocycles. The Morgan fingerprint density at radius 1 is 1.03 bits per heavy atom. The first-order chi connectivity index (χ1) is 14.6. The number of nitrogens with zero attached hydrogens (tertiary/aromatic N) is 6. The third-order valence-corrected chi connectivity index (χ3v) is 4.88. The molecule has 2 N–H and O–H groups in total. The predicted molar refractivity (Wildman–Crippen MR) is 119 cm³/mol. The molecule has 5 aromatic rings. The largest absolute Gasteiger partial charge is 0.384 e. The Balaban J connectivity index is 0.000000145. The van der Waals surface area contributed by atoms with Crippen molar-refractivity contribution >= 4 is 22.4 Å². The average molecular weight is 403 g/mol. The molecule has 5 aromatic heterocycles. The number of fused-ring (bicyclic) bond motifs is 2. The quantitative estimate of drug-likeness (QED) is 0.430. The van der Waals surface area contributed by atoms with Gasteiger partial charge in [0.05, 0.1) is 23.6 Å². The van der Waals surface area contributed by atoms with Crippen LogP contribution in [0.5, 0.6) is 0 Å². The zero-order chi connectivity index (χ0) is 20.9. The highest BCUT2D eigenvalue weighted by atomic mass is 15.2. The number of aromatic amines is 1. The van der Waals surface area contributed by atoms with E-state index in [9.17, 15) is 0 Å². The standard InChI is InChI=1S/C12H17N3.C10H9N5/c1-3-4-7-13-11-5-6-12-14-8-10(2)15(12)9-11;1-15-6-8(4-13-15)7-2-9-10(11-3-7)5-12-14-9/h5-6,8-9,13H,3-4,7H2,1-2H3;2-6H,1H3,(H,12,14). The molecule has 0 aliphatic heterocycles. The molecule has 0 amide bonds. The van der Waals surface area contributed by atoms with Gasteiger partial charge in [-0.2, -0.15) is 10.2 Å².